The SMILES string of the molecule is Clc1ccc(CCN2CCN(c3nc(-c4ccccc4)ns3)CC2)cc1. The second-order valence-corrected chi connectivity index (χ2v) is 7.64. The molecule has 6 heteroatoms. The van der Waals surface area contributed by atoms with Crippen LogP contribution in [0.2, 0.25) is 5.02 Å². The van der Waals surface area contributed by atoms with Gasteiger partial charge in [0, 0.05) is 54.8 Å². The molecule has 0 aliphatic carbocycles. The van der Waals surface area contributed by atoms with Gasteiger partial charge in [0.15, 0.2) is 5.82 Å². The maximum atomic E-state index is 5.95. The zero-order valence-corrected chi connectivity index (χ0v) is 16.1. The predicted molar refractivity (Wildman–Crippen MR) is 109 cm³/mol. The van der Waals surface area contributed by atoms with Gasteiger partial charge in [-0.25, -0.2) is 0 Å². The van der Waals surface area contributed by atoms with Gasteiger partial charge in [0.25, 0.3) is 0 Å². The van der Waals surface area contributed by atoms with Crippen LogP contribution >= 0.6 is 23.1 Å². The Morgan fingerprint density at radius 1 is 0.923 bits per heavy atom. The first kappa shape index (κ1) is 17.5. The van der Waals surface area contributed by atoms with Gasteiger partial charge in [-0.05, 0) is 24.1 Å². The van der Waals surface area contributed by atoms with Crippen LogP contribution in [0.4, 0.5) is 5.13 Å². The molecule has 1 saturated heterocycles. The molecule has 1 aliphatic rings. The van der Waals surface area contributed by atoms with Crippen LogP contribution in [0, 0.1) is 0 Å². The summed E-state index contributed by atoms with van der Waals surface area (Å²) < 4.78 is 4.53. The van der Waals surface area contributed by atoms with Crippen LogP contribution in [0.15, 0.2) is 54.6 Å². The Morgan fingerprint density at radius 3 is 2.38 bits per heavy atom. The standard InChI is InChI=1S/C20H21ClN4S/c21-18-8-6-16(7-9-18)10-11-24-12-14-25(15-13-24)20-22-19(23-26-20)17-4-2-1-3-5-17/h1-9H,10-15H2. The molecule has 0 radical (unpaired) electrons. The third kappa shape index (κ3) is 4.23. The number of anilines is 1. The number of hydrogen-bond acceptors (Lipinski definition) is 5. The largest absolute Gasteiger partial charge is 0.344 e. The average Bonchev–Trinajstić information content (AvgIpc) is 3.19. The first-order chi connectivity index (χ1) is 12.8. The molecule has 134 valence electrons. The van der Waals surface area contributed by atoms with Gasteiger partial charge in [0.05, 0.1) is 0 Å². The van der Waals surface area contributed by atoms with Crippen molar-refractivity contribution in [2.45, 2.75) is 6.42 Å². The smallest absolute Gasteiger partial charge is 0.205 e. The third-order valence-electron chi connectivity index (χ3n) is 4.72. The minimum atomic E-state index is 0.800. The molecule has 1 aromatic heterocycles. The van der Waals surface area contributed by atoms with Crippen LogP contribution in [0.3, 0.4) is 0 Å². The molecule has 0 unspecified atom stereocenters. The highest BCUT2D eigenvalue weighted by molar-refractivity contribution is 7.09. The molecular formula is C20H21ClN4S. The summed E-state index contributed by atoms with van der Waals surface area (Å²) in [6.45, 7) is 5.22. The summed E-state index contributed by atoms with van der Waals surface area (Å²) in [5, 5.41) is 1.83. The Hall–Kier alpha value is -1.95. The molecule has 1 fully saturated rings. The maximum Gasteiger partial charge on any atom is 0.205 e. The second kappa shape index (κ2) is 8.16. The maximum absolute atomic E-state index is 5.95. The molecule has 0 N–H and O–H groups in total. The molecule has 0 amide bonds. The zero-order valence-electron chi connectivity index (χ0n) is 14.5. The van der Waals surface area contributed by atoms with Crippen molar-refractivity contribution in [2.75, 3.05) is 37.6 Å². The lowest BCUT2D eigenvalue weighted by atomic mass is 10.1. The summed E-state index contributed by atoms with van der Waals surface area (Å²) in [6.07, 6.45) is 1.06. The second-order valence-electron chi connectivity index (χ2n) is 6.47. The van der Waals surface area contributed by atoms with Gasteiger partial charge in [0.1, 0.15) is 0 Å². The van der Waals surface area contributed by atoms with E-state index in [1.807, 2.05) is 30.3 Å². The molecule has 4 rings (SSSR count). The fourth-order valence-corrected chi connectivity index (χ4v) is 4.02. The van der Waals surface area contributed by atoms with E-state index in [1.54, 1.807) is 0 Å². The van der Waals surface area contributed by atoms with E-state index in [1.165, 1.54) is 17.1 Å². The summed E-state index contributed by atoms with van der Waals surface area (Å²) in [7, 11) is 0. The summed E-state index contributed by atoms with van der Waals surface area (Å²) in [6, 6.07) is 18.3. The Morgan fingerprint density at radius 2 is 1.65 bits per heavy atom. The molecule has 3 aromatic rings. The van der Waals surface area contributed by atoms with Crippen molar-refractivity contribution in [3.63, 3.8) is 0 Å². The summed E-state index contributed by atoms with van der Waals surface area (Å²) in [4.78, 5) is 9.60. The number of hydrogen-bond donors (Lipinski definition) is 0. The van der Waals surface area contributed by atoms with E-state index >= 15 is 0 Å². The molecule has 0 spiro atoms. The first-order valence-electron chi connectivity index (χ1n) is 8.89. The van der Waals surface area contributed by atoms with Crippen LogP contribution in [0.25, 0.3) is 11.4 Å². The number of nitrogens with zero attached hydrogens (tertiary/aromatic N) is 4. The molecule has 2 aromatic carbocycles. The van der Waals surface area contributed by atoms with Gasteiger partial charge in [-0.1, -0.05) is 54.1 Å². The van der Waals surface area contributed by atoms with E-state index in [2.05, 4.69) is 38.4 Å². The average molecular weight is 385 g/mol. The third-order valence-corrected chi connectivity index (χ3v) is 5.75. The fourth-order valence-electron chi connectivity index (χ4n) is 3.15. The van der Waals surface area contributed by atoms with Crippen LogP contribution < -0.4 is 4.90 Å². The van der Waals surface area contributed by atoms with Crippen LogP contribution in [-0.4, -0.2) is 47.0 Å². The highest BCUT2D eigenvalue weighted by Crippen LogP contribution is 2.24. The molecule has 0 saturated carbocycles. The van der Waals surface area contributed by atoms with E-state index < -0.39 is 0 Å². The number of halogens is 1. The van der Waals surface area contributed by atoms with Crippen molar-refractivity contribution in [3.05, 3.63) is 65.2 Å². The quantitative estimate of drug-likeness (QED) is 0.659. The van der Waals surface area contributed by atoms with Crippen LogP contribution in [0.1, 0.15) is 5.56 Å². The van der Waals surface area contributed by atoms with Crippen molar-refractivity contribution in [1.82, 2.24) is 14.3 Å². The highest BCUT2D eigenvalue weighted by atomic mass is 35.5. The topological polar surface area (TPSA) is 32.3 Å². The summed E-state index contributed by atoms with van der Waals surface area (Å²) >= 11 is 7.45. The lowest BCUT2D eigenvalue weighted by molar-refractivity contribution is 0.261. The van der Waals surface area contributed by atoms with Gasteiger partial charge < -0.3 is 4.90 Å². The summed E-state index contributed by atoms with van der Waals surface area (Å²) in [5.41, 5.74) is 2.42. The monoisotopic (exact) mass is 384 g/mol. The normalized spacial score (nSPS) is 15.3. The van der Waals surface area contributed by atoms with Gasteiger partial charge in [0.2, 0.25) is 5.13 Å². The number of benzene rings is 2. The Balaban J connectivity index is 1.30. The van der Waals surface area contributed by atoms with Gasteiger partial charge in [-0.15, -0.1) is 0 Å². The van der Waals surface area contributed by atoms with E-state index in [-0.39, 0.29) is 0 Å². The Bertz CT molecular complexity index is 827. The van der Waals surface area contributed by atoms with E-state index in [9.17, 15) is 0 Å². The first-order valence-corrected chi connectivity index (χ1v) is 10.0. The van der Waals surface area contributed by atoms with Crippen LogP contribution in [-0.2, 0) is 6.42 Å². The molecule has 2 heterocycles. The van der Waals surface area contributed by atoms with Crippen LogP contribution in [0.5, 0.6) is 0 Å². The Labute approximate surface area is 163 Å². The zero-order chi connectivity index (χ0) is 17.8. The summed E-state index contributed by atoms with van der Waals surface area (Å²) in [5.74, 6) is 0.829. The van der Waals surface area contributed by atoms with Gasteiger partial charge in [-0.2, -0.15) is 9.36 Å². The van der Waals surface area contributed by atoms with Gasteiger partial charge in [-0.3, -0.25) is 4.90 Å². The lowest BCUT2D eigenvalue weighted by Gasteiger charge is -2.34. The lowest BCUT2D eigenvalue weighted by Crippen LogP contribution is -2.47. The van der Waals surface area contributed by atoms with Crippen molar-refractivity contribution in [3.8, 4) is 11.4 Å². The van der Waals surface area contributed by atoms with Crippen molar-refractivity contribution < 1.29 is 0 Å². The van der Waals surface area contributed by atoms with E-state index in [4.69, 9.17) is 16.6 Å². The fraction of sp³-hybridized carbons (Fsp3) is 0.300. The van der Waals surface area contributed by atoms with E-state index in [0.717, 1.165) is 60.7 Å². The van der Waals surface area contributed by atoms with Crippen molar-refractivity contribution >= 4 is 28.3 Å². The van der Waals surface area contributed by atoms with Gasteiger partial charge >= 0.3 is 0 Å². The number of piperazine rings is 1. The highest BCUT2D eigenvalue weighted by Gasteiger charge is 2.20. The molecule has 4 nitrogen and oxygen atoms in total. The number of rotatable bonds is 5. The van der Waals surface area contributed by atoms with Crippen molar-refractivity contribution in [2.24, 2.45) is 0 Å². The minimum Gasteiger partial charge on any atom is -0.344 e. The molecule has 0 bridgehead atoms. The Kier molecular flexibility index (Phi) is 5.48. The van der Waals surface area contributed by atoms with E-state index in [0.29, 0.717) is 0 Å². The molecule has 26 heavy (non-hydrogen) atoms. The minimum absolute atomic E-state index is 0.800. The predicted octanol–water partition coefficient (Wildman–Crippen LogP) is 4.22. The van der Waals surface area contributed by atoms with Crippen molar-refractivity contribution in [1.29, 1.82) is 0 Å². The molecule has 1 aliphatic heterocycles. The number of aromatic nitrogens is 2. The molecule has 0 atom stereocenters. The molecular weight excluding hydrogens is 364 g/mol.